The van der Waals surface area contributed by atoms with E-state index in [1.807, 2.05) is 6.07 Å². The predicted molar refractivity (Wildman–Crippen MR) is 135 cm³/mol. The van der Waals surface area contributed by atoms with Crippen molar-refractivity contribution in [2.75, 3.05) is 5.01 Å². The molecule has 11 nitrogen and oxygen atoms in total. The third-order valence-corrected chi connectivity index (χ3v) is 5.69. The maximum Gasteiger partial charge on any atom is 0.306 e. The van der Waals surface area contributed by atoms with Crippen LogP contribution in [0.1, 0.15) is 43.6 Å². The van der Waals surface area contributed by atoms with E-state index in [4.69, 9.17) is 0 Å². The first-order valence-electron chi connectivity index (χ1n) is 11.7. The SMILES string of the molecule is CCCCCn1nc(C(=O)NNC(=O)C2=NC(C)C(=O)N(c3ccccc3)N2)c2ccccc2c1=O. The van der Waals surface area contributed by atoms with E-state index < -0.39 is 17.9 Å². The summed E-state index contributed by atoms with van der Waals surface area (Å²) in [5, 5.41) is 6.25. The number of amides is 3. The van der Waals surface area contributed by atoms with Gasteiger partial charge in [0.25, 0.3) is 17.4 Å². The molecule has 3 aromatic rings. The molecule has 0 aliphatic carbocycles. The van der Waals surface area contributed by atoms with Gasteiger partial charge >= 0.3 is 5.91 Å². The molecule has 3 amide bonds. The Kier molecular flexibility index (Phi) is 7.38. The number of para-hydroxylation sites is 1. The van der Waals surface area contributed by atoms with Gasteiger partial charge in [-0.3, -0.25) is 35.5 Å². The van der Waals surface area contributed by atoms with Gasteiger partial charge in [-0.25, -0.2) is 14.7 Å². The minimum atomic E-state index is -0.805. The van der Waals surface area contributed by atoms with Crippen molar-refractivity contribution in [2.45, 2.75) is 45.7 Å². The van der Waals surface area contributed by atoms with Crippen molar-refractivity contribution < 1.29 is 14.4 Å². The summed E-state index contributed by atoms with van der Waals surface area (Å²) in [4.78, 5) is 55.3. The van der Waals surface area contributed by atoms with Crippen molar-refractivity contribution >= 4 is 40.0 Å². The lowest BCUT2D eigenvalue weighted by atomic mass is 10.1. The molecule has 36 heavy (non-hydrogen) atoms. The first-order chi connectivity index (χ1) is 17.4. The third kappa shape index (κ3) is 5.09. The predicted octanol–water partition coefficient (Wildman–Crippen LogP) is 1.69. The monoisotopic (exact) mass is 489 g/mol. The van der Waals surface area contributed by atoms with E-state index in [1.165, 1.54) is 9.69 Å². The fourth-order valence-electron chi connectivity index (χ4n) is 3.80. The molecule has 0 bridgehead atoms. The summed E-state index contributed by atoms with van der Waals surface area (Å²) in [5.41, 5.74) is 7.63. The number of nitrogens with one attached hydrogen (secondary N) is 3. The van der Waals surface area contributed by atoms with Crippen LogP contribution in [0.4, 0.5) is 5.69 Å². The Labute approximate surface area is 207 Å². The number of anilines is 1. The van der Waals surface area contributed by atoms with E-state index in [9.17, 15) is 19.2 Å². The minimum Gasteiger partial charge on any atom is -0.270 e. The molecule has 1 unspecified atom stereocenters. The van der Waals surface area contributed by atoms with E-state index in [0.29, 0.717) is 23.0 Å². The molecule has 0 saturated heterocycles. The molecule has 3 N–H and O–H groups in total. The van der Waals surface area contributed by atoms with Gasteiger partial charge < -0.3 is 0 Å². The quantitative estimate of drug-likeness (QED) is 0.341. The molecule has 4 rings (SSSR count). The Balaban J connectivity index is 1.52. The summed E-state index contributed by atoms with van der Waals surface area (Å²) in [6.45, 7) is 4.01. The molecule has 0 saturated carbocycles. The van der Waals surface area contributed by atoms with Gasteiger partial charge in [-0.1, -0.05) is 56.2 Å². The summed E-state index contributed by atoms with van der Waals surface area (Å²) in [6.07, 6.45) is 2.65. The van der Waals surface area contributed by atoms with Crippen molar-refractivity contribution in [3.63, 3.8) is 0 Å². The fraction of sp³-hybridized carbons (Fsp3) is 0.280. The molecule has 1 atom stereocenters. The highest BCUT2D eigenvalue weighted by Gasteiger charge is 2.31. The van der Waals surface area contributed by atoms with Gasteiger partial charge in [0, 0.05) is 11.9 Å². The topological polar surface area (TPSA) is 138 Å². The standard InChI is InChI=1S/C25H27N7O4/c1-3-4-10-15-31-25(36)19-14-9-8-13-18(19)20(29-31)22(33)27-28-23(34)21-26-16(2)24(35)32(30-21)17-11-6-5-7-12-17/h5-9,11-14,16H,3-4,10,15H2,1-2H3,(H,26,30)(H,27,33)(H,28,34). The molecule has 11 heteroatoms. The van der Waals surface area contributed by atoms with Crippen molar-refractivity contribution in [3.05, 3.63) is 70.6 Å². The first-order valence-corrected chi connectivity index (χ1v) is 11.7. The van der Waals surface area contributed by atoms with Crippen molar-refractivity contribution in [1.82, 2.24) is 26.1 Å². The molecular weight excluding hydrogens is 462 g/mol. The van der Waals surface area contributed by atoms with E-state index in [1.54, 1.807) is 55.5 Å². The number of hydrazine groups is 2. The van der Waals surface area contributed by atoms with Crippen LogP contribution in [-0.4, -0.2) is 39.4 Å². The summed E-state index contributed by atoms with van der Waals surface area (Å²) in [5.74, 6) is -1.91. The summed E-state index contributed by atoms with van der Waals surface area (Å²) >= 11 is 0. The van der Waals surface area contributed by atoms with Crippen LogP contribution in [0.2, 0.25) is 0 Å². The van der Waals surface area contributed by atoms with E-state index in [2.05, 4.69) is 33.3 Å². The molecule has 1 aromatic heterocycles. The molecule has 2 aromatic carbocycles. The van der Waals surface area contributed by atoms with Crippen LogP contribution in [0.3, 0.4) is 0 Å². The van der Waals surface area contributed by atoms with Crippen LogP contribution < -0.4 is 26.8 Å². The zero-order valence-electron chi connectivity index (χ0n) is 20.0. The summed E-state index contributed by atoms with van der Waals surface area (Å²) in [6, 6.07) is 14.7. The zero-order chi connectivity index (χ0) is 25.7. The van der Waals surface area contributed by atoms with Gasteiger partial charge in [-0.05, 0) is 31.5 Å². The molecule has 0 fully saturated rings. The average molecular weight is 490 g/mol. The summed E-state index contributed by atoms with van der Waals surface area (Å²) < 4.78 is 1.28. The third-order valence-electron chi connectivity index (χ3n) is 5.69. The van der Waals surface area contributed by atoms with Crippen LogP contribution in [0.15, 0.2) is 64.4 Å². The Hall–Kier alpha value is -4.54. The smallest absolute Gasteiger partial charge is 0.270 e. The highest BCUT2D eigenvalue weighted by atomic mass is 16.2. The minimum absolute atomic E-state index is 0.00926. The molecule has 1 aliphatic heterocycles. The average Bonchev–Trinajstić information content (AvgIpc) is 2.90. The zero-order valence-corrected chi connectivity index (χ0v) is 20.0. The molecule has 0 spiro atoms. The van der Waals surface area contributed by atoms with Crippen LogP contribution in [0.25, 0.3) is 10.8 Å². The van der Waals surface area contributed by atoms with Gasteiger partial charge in [0.05, 0.1) is 11.1 Å². The van der Waals surface area contributed by atoms with Gasteiger partial charge in [0.1, 0.15) is 6.04 Å². The van der Waals surface area contributed by atoms with Crippen molar-refractivity contribution in [1.29, 1.82) is 0 Å². The number of nitrogens with zero attached hydrogens (tertiary/aromatic N) is 4. The lowest BCUT2D eigenvalue weighted by molar-refractivity contribution is -0.120. The number of unbranched alkanes of at least 4 members (excludes halogenated alkanes) is 2. The van der Waals surface area contributed by atoms with Gasteiger partial charge in [0.2, 0.25) is 5.84 Å². The molecule has 2 heterocycles. The number of carbonyl (C=O) groups is 3. The maximum atomic E-state index is 13.0. The van der Waals surface area contributed by atoms with Crippen molar-refractivity contribution in [2.24, 2.45) is 4.99 Å². The van der Waals surface area contributed by atoms with Crippen molar-refractivity contribution in [3.8, 4) is 0 Å². The highest BCUT2D eigenvalue weighted by molar-refractivity contribution is 6.39. The number of fused-ring (bicyclic) bond motifs is 1. The maximum absolute atomic E-state index is 13.0. The second kappa shape index (κ2) is 10.8. The van der Waals surface area contributed by atoms with Crippen LogP contribution >= 0.6 is 0 Å². The lowest BCUT2D eigenvalue weighted by Crippen LogP contribution is -2.59. The Morgan fingerprint density at radius 3 is 2.33 bits per heavy atom. The second-order valence-corrected chi connectivity index (χ2v) is 8.31. The molecule has 0 radical (unpaired) electrons. The first kappa shape index (κ1) is 24.6. The Morgan fingerprint density at radius 1 is 0.944 bits per heavy atom. The number of benzene rings is 2. The number of rotatable bonds is 7. The molecule has 186 valence electrons. The number of aromatic nitrogens is 2. The van der Waals surface area contributed by atoms with E-state index >= 15 is 0 Å². The lowest BCUT2D eigenvalue weighted by Gasteiger charge is -2.30. The number of carbonyl (C=O) groups excluding carboxylic acids is 3. The molecular formula is C25H27N7O4. The summed E-state index contributed by atoms with van der Waals surface area (Å²) in [7, 11) is 0. The number of hydrogen-bond donors (Lipinski definition) is 3. The largest absolute Gasteiger partial charge is 0.306 e. The van der Waals surface area contributed by atoms with E-state index in [-0.39, 0.29) is 23.0 Å². The van der Waals surface area contributed by atoms with Gasteiger partial charge in [-0.2, -0.15) is 5.10 Å². The van der Waals surface area contributed by atoms with Crippen LogP contribution in [-0.2, 0) is 16.1 Å². The van der Waals surface area contributed by atoms with Crippen LogP contribution in [0.5, 0.6) is 0 Å². The number of aryl methyl sites for hydroxylation is 1. The Morgan fingerprint density at radius 2 is 1.61 bits per heavy atom. The molecule has 1 aliphatic rings. The fourth-order valence-corrected chi connectivity index (χ4v) is 3.80. The van der Waals surface area contributed by atoms with Gasteiger partial charge in [-0.15, -0.1) is 0 Å². The second-order valence-electron chi connectivity index (χ2n) is 8.31. The highest BCUT2D eigenvalue weighted by Crippen LogP contribution is 2.16. The number of hydrogen-bond acceptors (Lipinski definition) is 7. The number of amidine groups is 1. The van der Waals surface area contributed by atoms with E-state index in [0.717, 1.165) is 19.3 Å². The van der Waals surface area contributed by atoms with Gasteiger partial charge in [0.15, 0.2) is 5.69 Å². The Bertz CT molecular complexity index is 1380. The number of aliphatic imine (C=N–C) groups is 1. The normalized spacial score (nSPS) is 15.3. The van der Waals surface area contributed by atoms with Crippen LogP contribution in [0, 0.1) is 0 Å².